The molecule has 0 aromatic heterocycles. The normalized spacial score (nSPS) is 28.0. The third-order valence-corrected chi connectivity index (χ3v) is 11.7. The molecule has 1 N–H and O–H groups in total. The highest BCUT2D eigenvalue weighted by Crippen LogP contribution is 2.69. The van der Waals surface area contributed by atoms with Crippen molar-refractivity contribution < 1.29 is 19.5 Å². The fourth-order valence-corrected chi connectivity index (χ4v) is 10.2. The number of hydrogen-bond donors (Lipinski definition) is 1. The molecule has 3 saturated heterocycles. The maximum absolute atomic E-state index is 14.9. The van der Waals surface area contributed by atoms with Crippen LogP contribution in [0.1, 0.15) is 39.7 Å². The standard InChI is InChI=1S/C36H45N3O4S/c1-7-19-37(26-17-13-10-14-18-26)32(41)29-28-21-24(3)36(44-28)30(29)33(42)39(27(23-40)22-25-15-11-9-12-16-25)31(36)34(43)38(20-8-2)35(4,5)6/h7-18,24,27-31,40H,1-2,19-23H2,3-6H3/t24?,27-,28-,29+,30+,31?,36?/m1/s1. The number of likely N-dealkylation sites (tertiary alicyclic amines) is 1. The van der Waals surface area contributed by atoms with E-state index in [1.807, 2.05) is 81.4 Å². The van der Waals surface area contributed by atoms with Crippen molar-refractivity contribution in [1.82, 2.24) is 9.80 Å². The van der Waals surface area contributed by atoms with E-state index in [4.69, 9.17) is 0 Å². The number of aliphatic hydroxyl groups excluding tert-OH is 1. The fourth-order valence-electron chi connectivity index (χ4n) is 7.76. The number of hydrogen-bond acceptors (Lipinski definition) is 5. The molecule has 3 amide bonds. The van der Waals surface area contributed by atoms with Gasteiger partial charge in [-0.25, -0.2) is 0 Å². The van der Waals surface area contributed by atoms with Gasteiger partial charge in [0.15, 0.2) is 0 Å². The first kappa shape index (κ1) is 32.0. The van der Waals surface area contributed by atoms with E-state index >= 15 is 0 Å². The molecule has 8 heteroatoms. The molecule has 2 aromatic rings. The number of thioether (sulfide) groups is 1. The number of amides is 3. The molecule has 3 heterocycles. The van der Waals surface area contributed by atoms with Crippen molar-refractivity contribution in [3.05, 3.63) is 91.5 Å². The number of fused-ring (bicyclic) bond motifs is 1. The van der Waals surface area contributed by atoms with Crippen molar-refractivity contribution in [2.45, 2.75) is 68.2 Å². The Morgan fingerprint density at radius 2 is 1.66 bits per heavy atom. The zero-order valence-electron chi connectivity index (χ0n) is 26.3. The summed E-state index contributed by atoms with van der Waals surface area (Å²) in [6, 6.07) is 17.8. The van der Waals surface area contributed by atoms with Crippen molar-refractivity contribution in [3.63, 3.8) is 0 Å². The maximum Gasteiger partial charge on any atom is 0.247 e. The van der Waals surface area contributed by atoms with Crippen LogP contribution in [0.25, 0.3) is 0 Å². The summed E-state index contributed by atoms with van der Waals surface area (Å²) < 4.78 is -0.801. The van der Waals surface area contributed by atoms with E-state index < -0.39 is 34.2 Å². The number of anilines is 1. The molecule has 0 aliphatic carbocycles. The molecule has 3 unspecified atom stereocenters. The summed E-state index contributed by atoms with van der Waals surface area (Å²) in [6.45, 7) is 16.2. The second-order valence-electron chi connectivity index (χ2n) is 13.3. The van der Waals surface area contributed by atoms with Crippen LogP contribution in [-0.4, -0.2) is 79.9 Å². The Labute approximate surface area is 266 Å². The highest BCUT2D eigenvalue weighted by Gasteiger charge is 2.77. The Balaban J connectivity index is 1.63. The fraction of sp³-hybridized carbons (Fsp3) is 0.472. The molecule has 234 valence electrons. The summed E-state index contributed by atoms with van der Waals surface area (Å²) in [5.41, 5.74) is 1.19. The smallest absolute Gasteiger partial charge is 0.247 e. The van der Waals surface area contributed by atoms with E-state index in [9.17, 15) is 19.5 Å². The molecule has 3 aliphatic rings. The highest BCUT2D eigenvalue weighted by molar-refractivity contribution is 8.02. The van der Waals surface area contributed by atoms with Crippen molar-refractivity contribution in [2.24, 2.45) is 17.8 Å². The molecule has 3 fully saturated rings. The zero-order valence-corrected chi connectivity index (χ0v) is 27.1. The summed E-state index contributed by atoms with van der Waals surface area (Å²) in [7, 11) is 0. The lowest BCUT2D eigenvalue weighted by Crippen LogP contribution is -2.62. The van der Waals surface area contributed by atoms with Crippen LogP contribution in [0, 0.1) is 17.8 Å². The predicted octanol–water partition coefficient (Wildman–Crippen LogP) is 4.96. The van der Waals surface area contributed by atoms with Crippen molar-refractivity contribution in [1.29, 1.82) is 0 Å². The average Bonchev–Trinajstić information content (AvgIpc) is 3.60. The summed E-state index contributed by atoms with van der Waals surface area (Å²) in [4.78, 5) is 49.6. The second kappa shape index (κ2) is 12.6. The average molecular weight is 616 g/mol. The number of carbonyl (C=O) groups is 3. The van der Waals surface area contributed by atoms with Gasteiger partial charge in [-0.1, -0.05) is 67.6 Å². The molecule has 0 radical (unpaired) electrons. The molecule has 3 aliphatic heterocycles. The van der Waals surface area contributed by atoms with Gasteiger partial charge in [-0.3, -0.25) is 14.4 Å². The van der Waals surface area contributed by atoms with E-state index in [1.54, 1.807) is 38.6 Å². The first-order valence-corrected chi connectivity index (χ1v) is 16.4. The topological polar surface area (TPSA) is 81.2 Å². The number of aliphatic hydroxyl groups is 1. The van der Waals surface area contributed by atoms with Crippen LogP contribution < -0.4 is 4.90 Å². The minimum absolute atomic E-state index is 0.0145. The first-order valence-electron chi connectivity index (χ1n) is 15.6. The third kappa shape index (κ3) is 5.30. The Hall–Kier alpha value is -3.36. The zero-order chi connectivity index (χ0) is 31.8. The van der Waals surface area contributed by atoms with Crippen LogP contribution in [0.5, 0.6) is 0 Å². The molecule has 5 rings (SSSR count). The van der Waals surface area contributed by atoms with Crippen LogP contribution in [-0.2, 0) is 20.8 Å². The summed E-state index contributed by atoms with van der Waals surface area (Å²) in [5.74, 6) is -1.75. The Kier molecular flexibility index (Phi) is 9.15. The molecule has 7 nitrogen and oxygen atoms in total. The minimum Gasteiger partial charge on any atom is -0.394 e. The van der Waals surface area contributed by atoms with Gasteiger partial charge in [0.05, 0.1) is 29.2 Å². The molecule has 2 aromatic carbocycles. The quantitative estimate of drug-likeness (QED) is 0.362. The van der Waals surface area contributed by atoms with Crippen molar-refractivity contribution in [2.75, 3.05) is 24.6 Å². The monoisotopic (exact) mass is 615 g/mol. The van der Waals surface area contributed by atoms with Gasteiger partial charge in [0, 0.05) is 29.6 Å². The van der Waals surface area contributed by atoms with Crippen LogP contribution in [0.3, 0.4) is 0 Å². The maximum atomic E-state index is 14.9. The third-order valence-electron chi connectivity index (χ3n) is 9.65. The van der Waals surface area contributed by atoms with Gasteiger partial charge >= 0.3 is 0 Å². The molecule has 7 atom stereocenters. The van der Waals surface area contributed by atoms with E-state index in [2.05, 4.69) is 20.1 Å². The van der Waals surface area contributed by atoms with Crippen molar-refractivity contribution >= 4 is 35.2 Å². The van der Waals surface area contributed by atoms with Gasteiger partial charge in [-0.05, 0) is 57.2 Å². The number of para-hydroxylation sites is 1. The molecular formula is C36H45N3O4S. The lowest BCUT2D eigenvalue weighted by Gasteiger charge is -2.45. The SMILES string of the molecule is C=CCN(C(=O)[C@@H]1[C@H]2C(=O)N([C@@H](CO)Cc3ccccc3)C(C(=O)N(CC=C)C(C)(C)C)C23S[C@@H]1CC3C)c1ccccc1. The lowest BCUT2D eigenvalue weighted by molar-refractivity contribution is -0.148. The number of benzene rings is 2. The predicted molar refractivity (Wildman–Crippen MR) is 177 cm³/mol. The van der Waals surface area contributed by atoms with Gasteiger partial charge in [0.1, 0.15) is 6.04 Å². The van der Waals surface area contributed by atoms with Crippen LogP contribution in [0.15, 0.2) is 86.0 Å². The number of carbonyl (C=O) groups excluding carboxylic acids is 3. The van der Waals surface area contributed by atoms with Gasteiger partial charge in [0.25, 0.3) is 0 Å². The molecule has 44 heavy (non-hydrogen) atoms. The van der Waals surface area contributed by atoms with Crippen molar-refractivity contribution in [3.8, 4) is 0 Å². The van der Waals surface area contributed by atoms with Crippen LogP contribution >= 0.6 is 11.8 Å². The van der Waals surface area contributed by atoms with E-state index in [-0.39, 0.29) is 35.5 Å². The molecule has 1 spiro atoms. The van der Waals surface area contributed by atoms with Crippen LogP contribution in [0.4, 0.5) is 5.69 Å². The molecule has 2 bridgehead atoms. The molecular weight excluding hydrogens is 570 g/mol. The second-order valence-corrected chi connectivity index (χ2v) is 14.9. The van der Waals surface area contributed by atoms with Gasteiger partial charge in [0.2, 0.25) is 17.7 Å². The van der Waals surface area contributed by atoms with Gasteiger partial charge < -0.3 is 19.8 Å². The Morgan fingerprint density at radius 1 is 1.05 bits per heavy atom. The Bertz CT molecular complexity index is 1390. The van der Waals surface area contributed by atoms with E-state index in [1.165, 1.54) is 0 Å². The van der Waals surface area contributed by atoms with Gasteiger partial charge in [-0.15, -0.1) is 24.9 Å². The Morgan fingerprint density at radius 3 is 2.23 bits per heavy atom. The van der Waals surface area contributed by atoms with E-state index in [0.29, 0.717) is 19.5 Å². The lowest BCUT2D eigenvalue weighted by atomic mass is 9.65. The number of rotatable bonds is 11. The summed E-state index contributed by atoms with van der Waals surface area (Å²) in [5, 5.41) is 10.7. The van der Waals surface area contributed by atoms with Crippen LogP contribution in [0.2, 0.25) is 0 Å². The summed E-state index contributed by atoms with van der Waals surface area (Å²) in [6.07, 6.45) is 4.56. The van der Waals surface area contributed by atoms with Gasteiger partial charge in [-0.2, -0.15) is 0 Å². The number of nitrogens with zero attached hydrogens (tertiary/aromatic N) is 3. The largest absolute Gasteiger partial charge is 0.394 e. The first-order chi connectivity index (χ1) is 21.0. The highest BCUT2D eigenvalue weighted by atomic mass is 32.2. The van der Waals surface area contributed by atoms with E-state index in [0.717, 1.165) is 17.7 Å². The molecule has 0 saturated carbocycles. The summed E-state index contributed by atoms with van der Waals surface area (Å²) >= 11 is 1.66. The minimum atomic E-state index is -0.826.